The predicted octanol–water partition coefficient (Wildman–Crippen LogP) is 3.02. The van der Waals surface area contributed by atoms with Crippen molar-refractivity contribution in [3.05, 3.63) is 59.7 Å². The van der Waals surface area contributed by atoms with Crippen LogP contribution in [0.1, 0.15) is 24.0 Å². The van der Waals surface area contributed by atoms with E-state index in [2.05, 4.69) is 18.2 Å². The second kappa shape index (κ2) is 7.43. The summed E-state index contributed by atoms with van der Waals surface area (Å²) in [5.74, 6) is 0.417. The van der Waals surface area contributed by atoms with E-state index in [1.165, 1.54) is 11.1 Å². The van der Waals surface area contributed by atoms with E-state index in [9.17, 15) is 9.59 Å². The first kappa shape index (κ1) is 17.6. The van der Waals surface area contributed by atoms with Crippen molar-refractivity contribution in [3.63, 3.8) is 0 Å². The van der Waals surface area contributed by atoms with Crippen molar-refractivity contribution >= 4 is 17.5 Å². The van der Waals surface area contributed by atoms with Crippen LogP contribution in [0.5, 0.6) is 5.75 Å². The third kappa shape index (κ3) is 3.42. The number of hydrogen-bond acceptors (Lipinski definition) is 3. The van der Waals surface area contributed by atoms with Gasteiger partial charge in [-0.25, -0.2) is 0 Å². The van der Waals surface area contributed by atoms with Crippen molar-refractivity contribution in [3.8, 4) is 5.75 Å². The van der Waals surface area contributed by atoms with E-state index in [1.807, 2.05) is 35.2 Å². The van der Waals surface area contributed by atoms with Gasteiger partial charge in [-0.1, -0.05) is 36.4 Å². The van der Waals surface area contributed by atoms with Crippen LogP contribution in [-0.4, -0.2) is 36.9 Å². The molecule has 4 rings (SSSR count). The Hall–Kier alpha value is -2.82. The first-order valence-corrected chi connectivity index (χ1v) is 9.46. The van der Waals surface area contributed by atoms with E-state index in [0.717, 1.165) is 25.1 Å². The minimum absolute atomic E-state index is 0.0203. The fourth-order valence-corrected chi connectivity index (χ4v) is 4.11. The zero-order valence-electron chi connectivity index (χ0n) is 15.6. The Bertz CT molecular complexity index is 864. The molecule has 2 aliphatic rings. The van der Waals surface area contributed by atoms with Crippen LogP contribution in [-0.2, 0) is 22.6 Å². The minimum atomic E-state index is -0.298. The van der Waals surface area contributed by atoms with Crippen LogP contribution in [0.15, 0.2) is 48.5 Å². The lowest BCUT2D eigenvalue weighted by Crippen LogP contribution is -2.37. The molecule has 5 heteroatoms. The highest BCUT2D eigenvalue weighted by molar-refractivity contribution is 6.01. The second-order valence-electron chi connectivity index (χ2n) is 7.21. The number of methoxy groups -OCH3 is 1. The van der Waals surface area contributed by atoms with E-state index in [1.54, 1.807) is 12.0 Å². The molecule has 1 fully saturated rings. The number of benzene rings is 2. The summed E-state index contributed by atoms with van der Waals surface area (Å²) in [6.07, 6.45) is 2.21. The number of rotatable bonds is 3. The highest BCUT2D eigenvalue weighted by Gasteiger charge is 2.38. The predicted molar refractivity (Wildman–Crippen MR) is 104 cm³/mol. The molecule has 0 aliphatic carbocycles. The first-order chi connectivity index (χ1) is 13.2. The number of ether oxygens (including phenoxy) is 1. The number of hydrogen-bond donors (Lipinski definition) is 0. The molecule has 0 aromatic heterocycles. The molecule has 0 spiro atoms. The molecule has 1 unspecified atom stereocenters. The number of anilines is 1. The van der Waals surface area contributed by atoms with Gasteiger partial charge in [0.05, 0.1) is 18.7 Å². The van der Waals surface area contributed by atoms with Crippen molar-refractivity contribution < 1.29 is 14.3 Å². The molecule has 2 aliphatic heterocycles. The summed E-state index contributed by atoms with van der Waals surface area (Å²) in [5, 5.41) is 0. The van der Waals surface area contributed by atoms with Gasteiger partial charge in [-0.3, -0.25) is 9.59 Å². The third-order valence-corrected chi connectivity index (χ3v) is 5.52. The average molecular weight is 364 g/mol. The summed E-state index contributed by atoms with van der Waals surface area (Å²) in [4.78, 5) is 29.4. The molecule has 1 atom stereocenters. The Morgan fingerprint density at radius 3 is 2.63 bits per heavy atom. The van der Waals surface area contributed by atoms with E-state index < -0.39 is 0 Å². The number of nitrogens with zero attached hydrogens (tertiary/aromatic N) is 2. The number of para-hydroxylation sites is 2. The molecule has 2 heterocycles. The summed E-state index contributed by atoms with van der Waals surface area (Å²) in [7, 11) is 1.59. The first-order valence-electron chi connectivity index (χ1n) is 9.46. The lowest BCUT2D eigenvalue weighted by molar-refractivity contribution is -0.136. The Balaban J connectivity index is 1.51. The third-order valence-electron chi connectivity index (χ3n) is 5.52. The van der Waals surface area contributed by atoms with Gasteiger partial charge < -0.3 is 14.5 Å². The van der Waals surface area contributed by atoms with Gasteiger partial charge in [0.15, 0.2) is 0 Å². The normalized spacial score (nSPS) is 19.6. The van der Waals surface area contributed by atoms with E-state index in [0.29, 0.717) is 18.8 Å². The minimum Gasteiger partial charge on any atom is -0.495 e. The highest BCUT2D eigenvalue weighted by Crippen LogP contribution is 2.33. The van der Waals surface area contributed by atoms with Crippen LogP contribution in [0.25, 0.3) is 0 Å². The summed E-state index contributed by atoms with van der Waals surface area (Å²) < 4.78 is 5.38. The van der Waals surface area contributed by atoms with Crippen molar-refractivity contribution in [1.29, 1.82) is 0 Å². The van der Waals surface area contributed by atoms with Gasteiger partial charge in [0.2, 0.25) is 11.8 Å². The molecule has 140 valence electrons. The highest BCUT2D eigenvalue weighted by atomic mass is 16.5. The Morgan fingerprint density at radius 1 is 1.07 bits per heavy atom. The van der Waals surface area contributed by atoms with Gasteiger partial charge in [-0.15, -0.1) is 0 Å². The van der Waals surface area contributed by atoms with E-state index >= 15 is 0 Å². The number of carbonyl (C=O) groups excluding carboxylic acids is 2. The molecular formula is C22H24N2O3. The van der Waals surface area contributed by atoms with Crippen molar-refractivity contribution in [2.75, 3.05) is 25.1 Å². The van der Waals surface area contributed by atoms with Crippen LogP contribution in [0.3, 0.4) is 0 Å². The Morgan fingerprint density at radius 2 is 1.81 bits per heavy atom. The van der Waals surface area contributed by atoms with E-state index in [-0.39, 0.29) is 24.2 Å². The molecule has 1 saturated heterocycles. The quantitative estimate of drug-likeness (QED) is 0.841. The lowest BCUT2D eigenvalue weighted by Gasteiger charge is -2.24. The maximum Gasteiger partial charge on any atom is 0.228 e. The summed E-state index contributed by atoms with van der Waals surface area (Å²) in [6, 6.07) is 15.8. The number of carbonyl (C=O) groups is 2. The summed E-state index contributed by atoms with van der Waals surface area (Å²) in [6.45, 7) is 1.79. The molecule has 0 N–H and O–H groups in total. The fourth-order valence-electron chi connectivity index (χ4n) is 4.11. The summed E-state index contributed by atoms with van der Waals surface area (Å²) in [5.41, 5.74) is 3.28. The van der Waals surface area contributed by atoms with Crippen LogP contribution in [0, 0.1) is 5.92 Å². The monoisotopic (exact) mass is 364 g/mol. The molecule has 2 aromatic carbocycles. The van der Waals surface area contributed by atoms with Crippen LogP contribution in [0.4, 0.5) is 5.69 Å². The average Bonchev–Trinajstić information content (AvgIpc) is 2.95. The van der Waals surface area contributed by atoms with Crippen molar-refractivity contribution in [2.45, 2.75) is 25.8 Å². The Labute approximate surface area is 159 Å². The van der Waals surface area contributed by atoms with Gasteiger partial charge in [0.25, 0.3) is 0 Å². The molecule has 2 amide bonds. The molecule has 0 bridgehead atoms. The van der Waals surface area contributed by atoms with Gasteiger partial charge in [-0.05, 0) is 36.1 Å². The zero-order valence-corrected chi connectivity index (χ0v) is 15.6. The maximum atomic E-state index is 13.2. The maximum absolute atomic E-state index is 13.2. The molecule has 0 radical (unpaired) electrons. The van der Waals surface area contributed by atoms with Crippen LogP contribution >= 0.6 is 0 Å². The lowest BCUT2D eigenvalue weighted by atomic mass is 10.0. The molecule has 0 saturated carbocycles. The van der Waals surface area contributed by atoms with Crippen molar-refractivity contribution in [1.82, 2.24) is 4.90 Å². The van der Waals surface area contributed by atoms with Crippen LogP contribution < -0.4 is 9.64 Å². The number of amides is 2. The molecule has 27 heavy (non-hydrogen) atoms. The standard InChI is InChI=1S/C22H24N2O3/c1-27-20-11-5-4-10-19(20)24-15-18(13-21(24)25)22(26)23-12-6-9-16-7-2-3-8-17(16)14-23/h2-5,7-8,10-11,18H,6,9,12-15H2,1H3. The topological polar surface area (TPSA) is 49.9 Å². The van der Waals surface area contributed by atoms with Crippen LogP contribution in [0.2, 0.25) is 0 Å². The smallest absolute Gasteiger partial charge is 0.228 e. The number of aryl methyl sites for hydroxylation is 1. The molecule has 2 aromatic rings. The van der Waals surface area contributed by atoms with Gasteiger partial charge in [-0.2, -0.15) is 0 Å². The van der Waals surface area contributed by atoms with Crippen molar-refractivity contribution in [2.24, 2.45) is 5.92 Å². The largest absolute Gasteiger partial charge is 0.495 e. The summed E-state index contributed by atoms with van der Waals surface area (Å²) >= 11 is 0. The molecule has 5 nitrogen and oxygen atoms in total. The van der Waals surface area contributed by atoms with Gasteiger partial charge in [0.1, 0.15) is 5.75 Å². The fraction of sp³-hybridized carbons (Fsp3) is 0.364. The van der Waals surface area contributed by atoms with Gasteiger partial charge >= 0.3 is 0 Å². The van der Waals surface area contributed by atoms with E-state index in [4.69, 9.17) is 4.74 Å². The number of fused-ring (bicyclic) bond motifs is 1. The Kier molecular flexibility index (Phi) is 4.84. The van der Waals surface area contributed by atoms with Gasteiger partial charge in [0, 0.05) is 26.1 Å². The zero-order chi connectivity index (χ0) is 18.8. The second-order valence-corrected chi connectivity index (χ2v) is 7.21. The SMILES string of the molecule is COc1ccccc1N1CC(C(=O)N2CCCc3ccccc3C2)CC1=O. The molecular weight excluding hydrogens is 340 g/mol.